The zero-order chi connectivity index (χ0) is 26.5. The van der Waals surface area contributed by atoms with E-state index in [-0.39, 0.29) is 0 Å². The molecule has 8 rings (SSSR count). The average molecular weight is 534 g/mol. The lowest BCUT2D eigenvalue weighted by molar-refractivity contribution is 0.973. The summed E-state index contributed by atoms with van der Waals surface area (Å²) in [6, 6.07) is 30.0. The number of dihydropyridines is 1. The first-order valence-corrected chi connectivity index (χ1v) is 14.1. The van der Waals surface area contributed by atoms with Crippen LogP contribution in [-0.4, -0.2) is 26.1 Å². The molecule has 3 aromatic carbocycles. The van der Waals surface area contributed by atoms with Crippen LogP contribution in [0.25, 0.3) is 65.8 Å². The summed E-state index contributed by atoms with van der Waals surface area (Å²) in [5.41, 5.74) is 8.35. The highest BCUT2D eigenvalue weighted by Gasteiger charge is 2.17. The van der Waals surface area contributed by atoms with E-state index in [0.29, 0.717) is 5.82 Å². The molecule has 5 nitrogen and oxygen atoms in total. The Kier molecular flexibility index (Phi) is 5.31. The molecule has 0 amide bonds. The number of benzene rings is 3. The number of rotatable bonds is 4. The second-order valence-corrected chi connectivity index (χ2v) is 10.7. The molecule has 0 atom stereocenters. The van der Waals surface area contributed by atoms with Crippen molar-refractivity contribution in [1.29, 1.82) is 0 Å². The van der Waals surface area contributed by atoms with Crippen LogP contribution < -0.4 is 5.32 Å². The summed E-state index contributed by atoms with van der Waals surface area (Å²) in [7, 11) is 0. The van der Waals surface area contributed by atoms with Gasteiger partial charge in [0.05, 0.1) is 22.4 Å². The van der Waals surface area contributed by atoms with E-state index in [9.17, 15) is 0 Å². The number of fused-ring (bicyclic) bond motifs is 5. The van der Waals surface area contributed by atoms with Crippen molar-refractivity contribution in [3.63, 3.8) is 0 Å². The van der Waals surface area contributed by atoms with Crippen LogP contribution in [-0.2, 0) is 0 Å². The predicted octanol–water partition coefficient (Wildman–Crippen LogP) is 8.02. The van der Waals surface area contributed by atoms with Gasteiger partial charge in [-0.25, -0.2) is 9.97 Å². The third-order valence-corrected chi connectivity index (χ3v) is 8.38. The van der Waals surface area contributed by atoms with Crippen molar-refractivity contribution in [3.8, 4) is 28.3 Å². The second-order valence-electron chi connectivity index (χ2n) is 9.80. The average Bonchev–Trinajstić information content (AvgIpc) is 3.64. The second kappa shape index (κ2) is 9.29. The summed E-state index contributed by atoms with van der Waals surface area (Å²) in [5.74, 6) is 0.685. The molecular weight excluding hydrogens is 510 g/mol. The summed E-state index contributed by atoms with van der Waals surface area (Å²) in [5, 5.41) is 9.27. The molecule has 1 aliphatic rings. The van der Waals surface area contributed by atoms with Gasteiger partial charge >= 0.3 is 0 Å². The minimum absolute atomic E-state index is 0.685. The lowest BCUT2D eigenvalue weighted by atomic mass is 10.0. The lowest BCUT2D eigenvalue weighted by Gasteiger charge is -2.13. The van der Waals surface area contributed by atoms with Gasteiger partial charge in [-0.2, -0.15) is 0 Å². The smallest absolute Gasteiger partial charge is 0.160 e. The minimum Gasteiger partial charge on any atom is -0.387 e. The number of aromatic nitrogens is 4. The minimum atomic E-state index is 0.685. The van der Waals surface area contributed by atoms with Crippen LogP contribution in [0.15, 0.2) is 121 Å². The van der Waals surface area contributed by atoms with Gasteiger partial charge in [-0.05, 0) is 77.1 Å². The molecule has 0 radical (unpaired) electrons. The summed E-state index contributed by atoms with van der Waals surface area (Å²) in [4.78, 5) is 14.2. The van der Waals surface area contributed by atoms with Crippen LogP contribution >= 0.6 is 11.3 Å². The summed E-state index contributed by atoms with van der Waals surface area (Å²) >= 11 is 1.80. The van der Waals surface area contributed by atoms with Gasteiger partial charge in [-0.3, -0.25) is 4.98 Å². The van der Waals surface area contributed by atoms with E-state index in [1.54, 1.807) is 23.7 Å². The molecule has 0 unspecified atom stereocenters. The number of allylic oxidation sites excluding steroid dienone is 2. The normalized spacial score (nSPS) is 13.2. The third kappa shape index (κ3) is 3.73. The van der Waals surface area contributed by atoms with Crippen LogP contribution in [0.4, 0.5) is 0 Å². The first-order chi connectivity index (χ1) is 19.8. The predicted molar refractivity (Wildman–Crippen MR) is 166 cm³/mol. The fraction of sp³-hybridized carbons (Fsp3) is 0.0294. The molecule has 1 aliphatic heterocycles. The van der Waals surface area contributed by atoms with Gasteiger partial charge < -0.3 is 9.88 Å². The molecule has 5 heterocycles. The maximum Gasteiger partial charge on any atom is 0.160 e. The molecule has 6 heteroatoms. The van der Waals surface area contributed by atoms with Gasteiger partial charge in [-0.1, -0.05) is 42.5 Å². The first kappa shape index (κ1) is 22.9. The molecular formula is C34H23N5S. The van der Waals surface area contributed by atoms with Crippen LogP contribution in [0.5, 0.6) is 0 Å². The van der Waals surface area contributed by atoms with Crippen LogP contribution in [0.3, 0.4) is 0 Å². The maximum atomic E-state index is 5.04. The lowest BCUT2D eigenvalue weighted by Crippen LogP contribution is -2.09. The Bertz CT molecular complexity index is 2120. The number of thiophene rings is 1. The van der Waals surface area contributed by atoms with E-state index in [1.807, 2.05) is 18.3 Å². The Morgan fingerprint density at radius 3 is 2.58 bits per heavy atom. The molecule has 0 spiro atoms. The van der Waals surface area contributed by atoms with Gasteiger partial charge in [-0.15, -0.1) is 11.3 Å². The van der Waals surface area contributed by atoms with Crippen LogP contribution in [0.2, 0.25) is 0 Å². The third-order valence-electron chi connectivity index (χ3n) is 7.44. The van der Waals surface area contributed by atoms with Gasteiger partial charge in [0.25, 0.3) is 0 Å². The van der Waals surface area contributed by atoms with Crippen molar-refractivity contribution in [3.05, 3.63) is 127 Å². The number of nitrogens with one attached hydrogen (secondary N) is 1. The van der Waals surface area contributed by atoms with Crippen molar-refractivity contribution in [2.45, 2.75) is 0 Å². The summed E-state index contributed by atoms with van der Waals surface area (Å²) in [6.07, 6.45) is 9.75. The zero-order valence-electron chi connectivity index (χ0n) is 21.5. The van der Waals surface area contributed by atoms with Crippen LogP contribution in [0.1, 0.15) is 5.69 Å². The number of para-hydroxylation sites is 1. The molecule has 1 N–H and O–H groups in total. The highest BCUT2D eigenvalue weighted by atomic mass is 32.1. The van der Waals surface area contributed by atoms with Crippen molar-refractivity contribution in [2.24, 2.45) is 0 Å². The molecule has 0 aliphatic carbocycles. The molecule has 0 saturated carbocycles. The largest absolute Gasteiger partial charge is 0.387 e. The van der Waals surface area contributed by atoms with Crippen molar-refractivity contribution < 1.29 is 0 Å². The van der Waals surface area contributed by atoms with E-state index in [4.69, 9.17) is 9.97 Å². The van der Waals surface area contributed by atoms with Crippen molar-refractivity contribution in [2.75, 3.05) is 6.54 Å². The fourth-order valence-electron chi connectivity index (χ4n) is 5.58. The number of hydrogen-bond donors (Lipinski definition) is 1. The highest BCUT2D eigenvalue weighted by molar-refractivity contribution is 7.18. The van der Waals surface area contributed by atoms with Gasteiger partial charge in [0, 0.05) is 51.2 Å². The van der Waals surface area contributed by atoms with E-state index in [0.717, 1.165) is 40.3 Å². The number of pyridine rings is 1. The van der Waals surface area contributed by atoms with Crippen molar-refractivity contribution >= 4 is 48.8 Å². The summed E-state index contributed by atoms with van der Waals surface area (Å²) in [6.45, 7) is 0.774. The Morgan fingerprint density at radius 2 is 1.68 bits per heavy atom. The van der Waals surface area contributed by atoms with E-state index in [2.05, 4.69) is 105 Å². The van der Waals surface area contributed by atoms with Gasteiger partial charge in [0.1, 0.15) is 0 Å². The Morgan fingerprint density at radius 1 is 0.775 bits per heavy atom. The highest BCUT2D eigenvalue weighted by Crippen LogP contribution is 2.39. The van der Waals surface area contributed by atoms with E-state index in [1.165, 1.54) is 31.9 Å². The standard InChI is InChI=1S/C34H23N5S/c1-2-7-30-27(6-1)32-31(9-8-23-14-19-40-33(23)32)39(30)26-5-3-4-25(20-26)29-21-28(22-10-15-35-16-11-22)37-34(38-29)24-12-17-36-18-13-24/h1-15,17-21,35H,16H2. The number of nitrogens with zero attached hydrogens (tertiary/aromatic N) is 4. The van der Waals surface area contributed by atoms with Gasteiger partial charge in [0.15, 0.2) is 5.82 Å². The van der Waals surface area contributed by atoms with E-state index >= 15 is 0 Å². The topological polar surface area (TPSA) is 55.6 Å². The molecule has 190 valence electrons. The molecule has 4 aromatic heterocycles. The van der Waals surface area contributed by atoms with E-state index < -0.39 is 0 Å². The van der Waals surface area contributed by atoms with Crippen LogP contribution in [0, 0.1) is 0 Å². The maximum absolute atomic E-state index is 5.04. The van der Waals surface area contributed by atoms with Crippen molar-refractivity contribution in [1.82, 2.24) is 24.8 Å². The Hall–Kier alpha value is -5.07. The monoisotopic (exact) mass is 533 g/mol. The molecule has 0 saturated heterocycles. The fourth-order valence-corrected chi connectivity index (χ4v) is 6.53. The SMILES string of the molecule is C1=CC(c2cc(-c3cccc(-n4c5ccccc5c5c6sccc6ccc54)c3)nc(-c3ccncc3)n2)=CCN1. The zero-order valence-corrected chi connectivity index (χ0v) is 22.3. The number of hydrogen-bond acceptors (Lipinski definition) is 5. The molecule has 7 aromatic rings. The van der Waals surface area contributed by atoms with Gasteiger partial charge in [0.2, 0.25) is 0 Å². The Labute approximate surface area is 234 Å². The first-order valence-electron chi connectivity index (χ1n) is 13.2. The quantitative estimate of drug-likeness (QED) is 0.249. The molecule has 0 fully saturated rings. The Balaban J connectivity index is 1.34. The molecule has 40 heavy (non-hydrogen) atoms. The summed E-state index contributed by atoms with van der Waals surface area (Å²) < 4.78 is 3.70. The molecule has 0 bridgehead atoms.